The number of thioether (sulfide) groups is 1. The van der Waals surface area contributed by atoms with Crippen molar-refractivity contribution in [1.29, 1.82) is 0 Å². The second-order valence-electron chi connectivity index (χ2n) is 5.33. The number of ether oxygens (including phenoxy) is 1. The maximum Gasteiger partial charge on any atom is 0.233 e. The first-order chi connectivity index (χ1) is 10.8. The van der Waals surface area contributed by atoms with Crippen LogP contribution in [0.25, 0.3) is 0 Å². The second kappa shape index (κ2) is 7.25. The Balaban J connectivity index is 1.73. The predicted octanol–water partition coefficient (Wildman–Crippen LogP) is 4.09. The van der Waals surface area contributed by atoms with Crippen molar-refractivity contribution >= 4 is 29.3 Å². The summed E-state index contributed by atoms with van der Waals surface area (Å²) in [6.45, 7) is 1.49. The first-order valence-corrected chi connectivity index (χ1v) is 9.13. The van der Waals surface area contributed by atoms with Crippen LogP contribution in [0.5, 0.6) is 0 Å². The highest BCUT2D eigenvalue weighted by atomic mass is 35.5. The van der Waals surface area contributed by atoms with E-state index in [9.17, 15) is 0 Å². The van der Waals surface area contributed by atoms with Crippen LogP contribution < -0.4 is 0 Å². The molecule has 3 nitrogen and oxygen atoms in total. The number of aliphatic imine (C=N–C) groups is 1. The third kappa shape index (κ3) is 3.68. The van der Waals surface area contributed by atoms with Gasteiger partial charge in [0.05, 0.1) is 6.04 Å². The van der Waals surface area contributed by atoms with Crippen LogP contribution in [-0.4, -0.2) is 35.1 Å². The molecule has 2 aromatic rings. The van der Waals surface area contributed by atoms with E-state index < -0.39 is 0 Å². The molecule has 0 spiro atoms. The summed E-state index contributed by atoms with van der Waals surface area (Å²) >= 11 is 7.79. The smallest absolute Gasteiger partial charge is 0.233 e. The van der Waals surface area contributed by atoms with Crippen LogP contribution in [-0.2, 0) is 11.3 Å². The van der Waals surface area contributed by atoms with E-state index in [0.717, 1.165) is 35.3 Å². The molecular formula is C17H19ClN2OS. The summed E-state index contributed by atoms with van der Waals surface area (Å²) in [6.07, 6.45) is 5.26. The second-order valence-corrected chi connectivity index (χ2v) is 6.75. The summed E-state index contributed by atoms with van der Waals surface area (Å²) in [7, 11) is 0. The normalized spacial score (nSPS) is 17.4. The average molecular weight is 335 g/mol. The van der Waals surface area contributed by atoms with Crippen LogP contribution in [0.1, 0.15) is 17.7 Å². The Kier molecular flexibility index (Phi) is 5.11. The molecule has 0 saturated carbocycles. The Morgan fingerprint density at radius 3 is 2.91 bits per heavy atom. The highest BCUT2D eigenvalue weighted by Crippen LogP contribution is 2.18. The number of hydrogen-bond acceptors (Lipinski definition) is 3. The number of halogens is 1. The minimum atomic E-state index is 0.293. The molecule has 1 aromatic heterocycles. The maximum atomic E-state index is 5.94. The van der Waals surface area contributed by atoms with Crippen LogP contribution in [0, 0.1) is 0 Å². The lowest BCUT2D eigenvalue weighted by Crippen LogP contribution is -2.10. The van der Waals surface area contributed by atoms with Gasteiger partial charge in [-0.1, -0.05) is 23.7 Å². The molecule has 1 atom stereocenters. The molecule has 0 unspecified atom stereocenters. The van der Waals surface area contributed by atoms with E-state index in [4.69, 9.17) is 21.3 Å². The number of benzene rings is 1. The monoisotopic (exact) mass is 334 g/mol. The average Bonchev–Trinajstić information content (AvgIpc) is 3.16. The van der Waals surface area contributed by atoms with Gasteiger partial charge < -0.3 is 9.30 Å². The summed E-state index contributed by atoms with van der Waals surface area (Å²) in [5, 5.41) is 0.761. The molecule has 22 heavy (non-hydrogen) atoms. The van der Waals surface area contributed by atoms with Gasteiger partial charge >= 0.3 is 0 Å². The number of rotatable bonds is 6. The summed E-state index contributed by atoms with van der Waals surface area (Å²) < 4.78 is 7.97. The molecule has 0 amide bonds. The SMILES string of the molecule is CSCC[C@@H]1COC(c2cccn2Cc2ccc(Cl)cc2)=N1. The van der Waals surface area contributed by atoms with Crippen LogP contribution in [0.15, 0.2) is 47.6 Å². The standard InChI is InChI=1S/C17H19ClN2OS/c1-22-10-8-15-12-21-17(19-15)16-3-2-9-20(16)11-13-4-6-14(18)7-5-13/h2-7,9,15H,8,10-12H2,1H3/t15-/m1/s1. The fourth-order valence-electron chi connectivity index (χ4n) is 2.49. The van der Waals surface area contributed by atoms with Crippen LogP contribution >= 0.6 is 23.4 Å². The Morgan fingerprint density at radius 1 is 1.32 bits per heavy atom. The van der Waals surface area contributed by atoms with Gasteiger partial charge in [-0.25, -0.2) is 4.99 Å². The maximum absolute atomic E-state index is 5.94. The lowest BCUT2D eigenvalue weighted by molar-refractivity contribution is 0.314. The van der Waals surface area contributed by atoms with Gasteiger partial charge in [-0.05, 0) is 48.3 Å². The molecule has 3 rings (SSSR count). The number of aromatic nitrogens is 1. The van der Waals surface area contributed by atoms with Crippen molar-refractivity contribution < 1.29 is 4.74 Å². The Labute approximate surface area is 140 Å². The van der Waals surface area contributed by atoms with Gasteiger partial charge in [-0.2, -0.15) is 11.8 Å². The van der Waals surface area contributed by atoms with Gasteiger partial charge in [0, 0.05) is 17.8 Å². The summed E-state index contributed by atoms with van der Waals surface area (Å²) in [6, 6.07) is 12.3. The Morgan fingerprint density at radius 2 is 2.14 bits per heavy atom. The molecule has 1 aliphatic heterocycles. The first kappa shape index (κ1) is 15.5. The lowest BCUT2D eigenvalue weighted by Gasteiger charge is -2.09. The van der Waals surface area contributed by atoms with Crippen LogP contribution in [0.4, 0.5) is 0 Å². The molecule has 2 heterocycles. The zero-order valence-electron chi connectivity index (χ0n) is 12.5. The quantitative estimate of drug-likeness (QED) is 0.795. The fourth-order valence-corrected chi connectivity index (χ4v) is 3.12. The van der Waals surface area contributed by atoms with Gasteiger partial charge in [-0.15, -0.1) is 0 Å². The minimum Gasteiger partial charge on any atom is -0.474 e. The molecular weight excluding hydrogens is 316 g/mol. The van der Waals surface area contributed by atoms with Crippen molar-refractivity contribution in [2.75, 3.05) is 18.6 Å². The Bertz CT molecular complexity index is 651. The van der Waals surface area contributed by atoms with Crippen LogP contribution in [0.3, 0.4) is 0 Å². The van der Waals surface area contributed by atoms with E-state index in [1.807, 2.05) is 42.1 Å². The van der Waals surface area contributed by atoms with Gasteiger partial charge in [0.15, 0.2) is 0 Å². The van der Waals surface area contributed by atoms with Crippen molar-refractivity contribution in [2.24, 2.45) is 4.99 Å². The number of hydrogen-bond donors (Lipinski definition) is 0. The third-order valence-corrected chi connectivity index (χ3v) is 4.58. The van der Waals surface area contributed by atoms with Crippen molar-refractivity contribution in [1.82, 2.24) is 4.57 Å². The van der Waals surface area contributed by atoms with Crippen molar-refractivity contribution in [3.8, 4) is 0 Å². The minimum absolute atomic E-state index is 0.293. The number of nitrogens with zero attached hydrogens (tertiary/aromatic N) is 2. The molecule has 1 aliphatic rings. The van der Waals surface area contributed by atoms with Crippen molar-refractivity contribution in [3.05, 3.63) is 58.9 Å². The largest absolute Gasteiger partial charge is 0.474 e. The van der Waals surface area contributed by atoms with Gasteiger partial charge in [0.1, 0.15) is 12.3 Å². The zero-order chi connectivity index (χ0) is 15.4. The zero-order valence-corrected chi connectivity index (χ0v) is 14.1. The highest BCUT2D eigenvalue weighted by molar-refractivity contribution is 7.98. The molecule has 116 valence electrons. The summed E-state index contributed by atoms with van der Waals surface area (Å²) in [4.78, 5) is 4.72. The molecule has 0 aliphatic carbocycles. The predicted molar refractivity (Wildman–Crippen MR) is 94.3 cm³/mol. The lowest BCUT2D eigenvalue weighted by atomic mass is 10.2. The summed E-state index contributed by atoms with van der Waals surface area (Å²) in [5.41, 5.74) is 2.25. The van der Waals surface area contributed by atoms with E-state index in [2.05, 4.69) is 23.1 Å². The molecule has 1 aromatic carbocycles. The summed E-state index contributed by atoms with van der Waals surface area (Å²) in [5.74, 6) is 1.89. The van der Waals surface area contributed by atoms with E-state index in [1.54, 1.807) is 0 Å². The molecule has 0 bridgehead atoms. The van der Waals surface area contributed by atoms with Crippen LogP contribution in [0.2, 0.25) is 5.02 Å². The third-order valence-electron chi connectivity index (χ3n) is 3.68. The van der Waals surface area contributed by atoms with Gasteiger partial charge in [0.2, 0.25) is 5.90 Å². The van der Waals surface area contributed by atoms with Gasteiger partial charge in [0.25, 0.3) is 0 Å². The molecule has 0 fully saturated rings. The first-order valence-electron chi connectivity index (χ1n) is 7.36. The van der Waals surface area contributed by atoms with E-state index in [0.29, 0.717) is 12.6 Å². The van der Waals surface area contributed by atoms with E-state index in [1.165, 1.54) is 5.56 Å². The molecule has 5 heteroatoms. The van der Waals surface area contributed by atoms with E-state index >= 15 is 0 Å². The molecule has 0 N–H and O–H groups in total. The van der Waals surface area contributed by atoms with E-state index in [-0.39, 0.29) is 0 Å². The molecule has 0 saturated heterocycles. The molecule has 0 radical (unpaired) electrons. The Hall–Kier alpha value is -1.39. The topological polar surface area (TPSA) is 26.5 Å². The fraction of sp³-hybridized carbons (Fsp3) is 0.353. The highest BCUT2D eigenvalue weighted by Gasteiger charge is 2.21. The van der Waals surface area contributed by atoms with Crippen molar-refractivity contribution in [2.45, 2.75) is 19.0 Å². The van der Waals surface area contributed by atoms with Crippen molar-refractivity contribution in [3.63, 3.8) is 0 Å². The van der Waals surface area contributed by atoms with Gasteiger partial charge in [-0.3, -0.25) is 0 Å².